The molecule has 0 atom stereocenters. The molecule has 2 heterocycles. The molecule has 2 aromatic heterocycles. The van der Waals surface area contributed by atoms with E-state index in [9.17, 15) is 4.79 Å². The Hall–Kier alpha value is -1.95. The van der Waals surface area contributed by atoms with E-state index in [1.54, 1.807) is 12.1 Å². The first kappa shape index (κ1) is 11.5. The molecule has 0 spiro atoms. The van der Waals surface area contributed by atoms with Crippen LogP contribution in [0.2, 0.25) is 0 Å². The summed E-state index contributed by atoms with van der Waals surface area (Å²) in [7, 11) is 0. The van der Waals surface area contributed by atoms with Gasteiger partial charge in [0, 0.05) is 12.1 Å². The Kier molecular flexibility index (Phi) is 3.34. The Morgan fingerprint density at radius 1 is 1.47 bits per heavy atom. The van der Waals surface area contributed by atoms with E-state index < -0.39 is 0 Å². The highest BCUT2D eigenvalue weighted by Gasteiger charge is 2.09. The van der Waals surface area contributed by atoms with Crippen LogP contribution in [0.25, 0.3) is 11.6 Å². The van der Waals surface area contributed by atoms with Crippen LogP contribution in [0.5, 0.6) is 0 Å². The molecule has 6 nitrogen and oxygen atoms in total. The summed E-state index contributed by atoms with van der Waals surface area (Å²) >= 11 is 0. The van der Waals surface area contributed by atoms with Gasteiger partial charge in [0.25, 0.3) is 5.89 Å². The molecule has 0 unspecified atom stereocenters. The van der Waals surface area contributed by atoms with Gasteiger partial charge in [0.2, 0.25) is 5.56 Å². The second kappa shape index (κ2) is 4.92. The Morgan fingerprint density at radius 3 is 3.00 bits per heavy atom. The summed E-state index contributed by atoms with van der Waals surface area (Å²) in [5.74, 6) is 0.890. The molecule has 2 aromatic rings. The van der Waals surface area contributed by atoms with Crippen molar-refractivity contribution in [3.05, 3.63) is 34.4 Å². The number of hydrogen-bond donors (Lipinski definition) is 2. The molecule has 0 saturated carbocycles. The van der Waals surface area contributed by atoms with Crippen LogP contribution < -0.4 is 10.9 Å². The summed E-state index contributed by atoms with van der Waals surface area (Å²) < 4.78 is 5.07. The van der Waals surface area contributed by atoms with Crippen molar-refractivity contribution in [1.82, 2.24) is 20.4 Å². The van der Waals surface area contributed by atoms with Gasteiger partial charge in [0.05, 0.1) is 6.54 Å². The van der Waals surface area contributed by atoms with Crippen molar-refractivity contribution >= 4 is 0 Å². The Morgan fingerprint density at radius 2 is 2.29 bits per heavy atom. The smallest absolute Gasteiger partial charge is 0.274 e. The highest BCUT2D eigenvalue weighted by Crippen LogP contribution is 2.11. The molecule has 0 fully saturated rings. The maximum Gasteiger partial charge on any atom is 0.274 e. The Balaban J connectivity index is 2.15. The number of rotatable bonds is 4. The summed E-state index contributed by atoms with van der Waals surface area (Å²) in [4.78, 5) is 17.9. The lowest BCUT2D eigenvalue weighted by atomic mass is 10.3. The van der Waals surface area contributed by atoms with E-state index in [0.717, 1.165) is 0 Å². The van der Waals surface area contributed by atoms with Gasteiger partial charge in [-0.3, -0.25) is 4.79 Å². The number of aromatic amines is 1. The van der Waals surface area contributed by atoms with Gasteiger partial charge in [-0.15, -0.1) is 0 Å². The van der Waals surface area contributed by atoms with Crippen molar-refractivity contribution in [2.45, 2.75) is 26.4 Å². The van der Waals surface area contributed by atoms with Crippen LogP contribution in [-0.4, -0.2) is 21.2 Å². The molecule has 2 N–H and O–H groups in total. The molecule has 0 aliphatic rings. The van der Waals surface area contributed by atoms with Gasteiger partial charge in [-0.25, -0.2) is 0 Å². The molecule has 0 bridgehead atoms. The summed E-state index contributed by atoms with van der Waals surface area (Å²) in [6.07, 6.45) is 0. The summed E-state index contributed by atoms with van der Waals surface area (Å²) in [5.41, 5.74) is 0.336. The second-order valence-corrected chi connectivity index (χ2v) is 3.98. The first-order chi connectivity index (χ1) is 8.15. The molecule has 17 heavy (non-hydrogen) atoms. The van der Waals surface area contributed by atoms with Crippen molar-refractivity contribution in [2.75, 3.05) is 0 Å². The molecule has 0 saturated heterocycles. The monoisotopic (exact) mass is 234 g/mol. The van der Waals surface area contributed by atoms with Crippen molar-refractivity contribution in [3.8, 4) is 11.6 Å². The van der Waals surface area contributed by atoms with Gasteiger partial charge in [0.15, 0.2) is 5.82 Å². The largest absolute Gasteiger partial charge is 0.332 e. The fraction of sp³-hybridized carbons (Fsp3) is 0.364. The van der Waals surface area contributed by atoms with Gasteiger partial charge in [-0.2, -0.15) is 4.98 Å². The normalized spacial score (nSPS) is 11.0. The van der Waals surface area contributed by atoms with Crippen LogP contribution in [0.3, 0.4) is 0 Å². The van der Waals surface area contributed by atoms with Crippen LogP contribution >= 0.6 is 0 Å². The fourth-order valence-corrected chi connectivity index (χ4v) is 1.30. The van der Waals surface area contributed by atoms with Gasteiger partial charge >= 0.3 is 0 Å². The number of pyridine rings is 1. The van der Waals surface area contributed by atoms with Crippen LogP contribution in [-0.2, 0) is 6.54 Å². The van der Waals surface area contributed by atoms with Crippen LogP contribution in [0, 0.1) is 0 Å². The second-order valence-electron chi connectivity index (χ2n) is 3.98. The lowest BCUT2D eigenvalue weighted by Crippen LogP contribution is -2.22. The van der Waals surface area contributed by atoms with E-state index in [-0.39, 0.29) is 5.56 Å². The molecule has 0 amide bonds. The molecule has 0 aliphatic carbocycles. The van der Waals surface area contributed by atoms with Crippen molar-refractivity contribution < 1.29 is 4.52 Å². The molecular weight excluding hydrogens is 220 g/mol. The first-order valence-electron chi connectivity index (χ1n) is 5.41. The Labute approximate surface area is 98.1 Å². The van der Waals surface area contributed by atoms with E-state index in [0.29, 0.717) is 30.0 Å². The molecule has 0 aromatic carbocycles. The van der Waals surface area contributed by atoms with Crippen LogP contribution in [0.15, 0.2) is 27.5 Å². The lowest BCUT2D eigenvalue weighted by molar-refractivity contribution is 0.416. The SMILES string of the molecule is CC(C)NCc1noc(-c2cccc(=O)[nH]2)n1. The number of aromatic nitrogens is 3. The van der Waals surface area contributed by atoms with Gasteiger partial charge < -0.3 is 14.8 Å². The zero-order valence-electron chi connectivity index (χ0n) is 9.73. The maximum atomic E-state index is 11.1. The average Bonchev–Trinajstić information content (AvgIpc) is 2.75. The summed E-state index contributed by atoms with van der Waals surface area (Å²) in [6.45, 7) is 4.61. The van der Waals surface area contributed by atoms with Crippen LogP contribution in [0.1, 0.15) is 19.7 Å². The maximum absolute atomic E-state index is 11.1. The molecule has 0 radical (unpaired) electrons. The molecular formula is C11H14N4O2. The van der Waals surface area contributed by atoms with Crippen molar-refractivity contribution in [1.29, 1.82) is 0 Å². The molecule has 0 aliphatic heterocycles. The summed E-state index contributed by atoms with van der Waals surface area (Å²) in [5, 5.41) is 7.00. The number of nitrogens with zero attached hydrogens (tertiary/aromatic N) is 2. The van der Waals surface area contributed by atoms with E-state index in [2.05, 4.69) is 20.4 Å². The van der Waals surface area contributed by atoms with Crippen molar-refractivity contribution in [3.63, 3.8) is 0 Å². The van der Waals surface area contributed by atoms with Gasteiger partial charge in [-0.05, 0) is 6.07 Å². The van der Waals surface area contributed by atoms with Gasteiger partial charge in [0.1, 0.15) is 5.69 Å². The minimum atomic E-state index is -0.192. The molecule has 6 heteroatoms. The van der Waals surface area contributed by atoms with E-state index >= 15 is 0 Å². The third kappa shape index (κ3) is 3.01. The third-order valence-electron chi connectivity index (χ3n) is 2.14. The minimum Gasteiger partial charge on any atom is -0.332 e. The quantitative estimate of drug-likeness (QED) is 0.822. The predicted octanol–water partition coefficient (Wildman–Crippen LogP) is 0.923. The van der Waals surface area contributed by atoms with Crippen LogP contribution in [0.4, 0.5) is 0 Å². The lowest BCUT2D eigenvalue weighted by Gasteiger charge is -2.03. The van der Waals surface area contributed by atoms with E-state index in [1.807, 2.05) is 13.8 Å². The molecule has 90 valence electrons. The average molecular weight is 234 g/mol. The molecule has 2 rings (SSSR count). The third-order valence-corrected chi connectivity index (χ3v) is 2.14. The zero-order valence-corrected chi connectivity index (χ0v) is 9.73. The minimum absolute atomic E-state index is 0.192. The Bertz CT molecular complexity index is 544. The number of hydrogen-bond acceptors (Lipinski definition) is 5. The van der Waals surface area contributed by atoms with Gasteiger partial charge in [-0.1, -0.05) is 25.1 Å². The highest BCUT2D eigenvalue weighted by molar-refractivity contribution is 5.45. The number of nitrogens with one attached hydrogen (secondary N) is 2. The predicted molar refractivity (Wildman–Crippen MR) is 62.3 cm³/mol. The first-order valence-corrected chi connectivity index (χ1v) is 5.41. The van der Waals surface area contributed by atoms with Crippen molar-refractivity contribution in [2.24, 2.45) is 0 Å². The topological polar surface area (TPSA) is 83.8 Å². The highest BCUT2D eigenvalue weighted by atomic mass is 16.5. The zero-order chi connectivity index (χ0) is 12.3. The van der Waals surface area contributed by atoms with E-state index in [1.165, 1.54) is 6.07 Å². The summed E-state index contributed by atoms with van der Waals surface area (Å²) in [6, 6.07) is 5.15. The standard InChI is InChI=1S/C11H14N4O2/c1-7(2)12-6-9-14-11(17-15-9)8-4-3-5-10(16)13-8/h3-5,7,12H,6H2,1-2H3,(H,13,16). The fourth-order valence-electron chi connectivity index (χ4n) is 1.30. The number of H-pyrrole nitrogens is 1. The van der Waals surface area contributed by atoms with E-state index in [4.69, 9.17) is 4.52 Å².